The number of piperidine rings is 2. The van der Waals surface area contributed by atoms with E-state index < -0.39 is 9.84 Å². The van der Waals surface area contributed by atoms with Gasteiger partial charge in [-0.25, -0.2) is 13.4 Å². The van der Waals surface area contributed by atoms with Gasteiger partial charge in [-0.2, -0.15) is 0 Å². The highest BCUT2D eigenvalue weighted by molar-refractivity contribution is 7.90. The lowest BCUT2D eigenvalue weighted by molar-refractivity contribution is 0.0844. The lowest BCUT2D eigenvalue weighted by atomic mass is 9.87. The lowest BCUT2D eigenvalue weighted by Gasteiger charge is -2.42. The third kappa shape index (κ3) is 5.43. The third-order valence-electron chi connectivity index (χ3n) is 10.0. The highest BCUT2D eigenvalue weighted by Gasteiger charge is 2.34. The predicted octanol–water partition coefficient (Wildman–Crippen LogP) is 6.43. The second-order valence-corrected chi connectivity index (χ2v) is 14.9. The van der Waals surface area contributed by atoms with Gasteiger partial charge in [0.15, 0.2) is 9.84 Å². The van der Waals surface area contributed by atoms with E-state index in [9.17, 15) is 8.42 Å². The highest BCUT2D eigenvalue weighted by atomic mass is 32.2. The molecule has 220 valence electrons. The smallest absolute Gasteiger partial charge is 0.175 e. The summed E-state index contributed by atoms with van der Waals surface area (Å²) in [6.07, 6.45) is 9.32. The molecule has 1 saturated carbocycles. The minimum absolute atomic E-state index is 0.321. The van der Waals surface area contributed by atoms with E-state index in [0.717, 1.165) is 40.1 Å². The van der Waals surface area contributed by atoms with Crippen molar-refractivity contribution < 1.29 is 8.42 Å². The molecule has 1 aliphatic carbocycles. The number of aromatic nitrogens is 2. The Kier molecular flexibility index (Phi) is 7.24. The Morgan fingerprint density at radius 2 is 1.29 bits per heavy atom. The van der Waals surface area contributed by atoms with Crippen molar-refractivity contribution >= 4 is 20.9 Å². The van der Waals surface area contributed by atoms with E-state index in [0.29, 0.717) is 10.8 Å². The van der Waals surface area contributed by atoms with Crippen LogP contribution in [0.5, 0.6) is 0 Å². The van der Waals surface area contributed by atoms with Crippen molar-refractivity contribution in [3.8, 4) is 22.5 Å². The number of nitrogens with zero attached hydrogens (tertiary/aromatic N) is 4. The van der Waals surface area contributed by atoms with Crippen LogP contribution < -0.4 is 0 Å². The summed E-state index contributed by atoms with van der Waals surface area (Å²) in [5.74, 6) is 1.49. The van der Waals surface area contributed by atoms with Crippen LogP contribution in [0.1, 0.15) is 55.6 Å². The zero-order valence-electron chi connectivity index (χ0n) is 25.1. The SMILES string of the molecule is Cc1cc(-c2ccc(C3CCN(C4CCN(C5CC5)CC4)CC3)cc2)cc2c1nc(-c1ccc(S(C)(=O)=O)cc1)n2C. The van der Waals surface area contributed by atoms with Gasteiger partial charge in [0, 0.05) is 31.0 Å². The first-order chi connectivity index (χ1) is 20.2. The Hall–Kier alpha value is -3.00. The molecule has 3 aliphatic rings. The molecule has 0 radical (unpaired) electrons. The molecule has 1 aromatic heterocycles. The molecule has 7 heteroatoms. The topological polar surface area (TPSA) is 58.4 Å². The number of benzene rings is 3. The standard InChI is InChI=1S/C35H42N4O2S/c1-24-22-29(23-33-34(24)36-35(37(33)2)28-8-12-32(13-9-28)42(3,40)41)26-6-4-25(5-7-26)27-14-18-38(19-15-27)31-16-20-39(21-17-31)30-10-11-30/h4-9,12-13,22-23,27,30-31H,10-11,14-21H2,1-3H3. The molecule has 0 amide bonds. The normalized spacial score (nSPS) is 20.0. The number of imidazole rings is 1. The Labute approximate surface area is 250 Å². The van der Waals surface area contributed by atoms with Crippen LogP contribution in [0.4, 0.5) is 0 Å². The molecule has 3 fully saturated rings. The number of fused-ring (bicyclic) bond motifs is 1. The van der Waals surface area contributed by atoms with Crippen molar-refractivity contribution in [1.82, 2.24) is 19.4 Å². The molecular weight excluding hydrogens is 540 g/mol. The van der Waals surface area contributed by atoms with Crippen LogP contribution in [0, 0.1) is 6.92 Å². The molecule has 2 aliphatic heterocycles. The summed E-state index contributed by atoms with van der Waals surface area (Å²) in [5, 5.41) is 0. The fourth-order valence-corrected chi connectivity index (χ4v) is 7.97. The molecule has 0 bridgehead atoms. The summed E-state index contributed by atoms with van der Waals surface area (Å²) in [5.41, 5.74) is 7.99. The van der Waals surface area contributed by atoms with Crippen molar-refractivity contribution in [1.29, 1.82) is 0 Å². The van der Waals surface area contributed by atoms with Gasteiger partial charge in [0.1, 0.15) is 5.82 Å². The zero-order valence-corrected chi connectivity index (χ0v) is 25.9. The van der Waals surface area contributed by atoms with E-state index in [1.165, 1.54) is 87.7 Å². The van der Waals surface area contributed by atoms with Gasteiger partial charge in [-0.3, -0.25) is 0 Å². The zero-order chi connectivity index (χ0) is 29.0. The second-order valence-electron chi connectivity index (χ2n) is 12.9. The van der Waals surface area contributed by atoms with Gasteiger partial charge in [0.2, 0.25) is 0 Å². The molecule has 2 saturated heterocycles. The molecule has 7 rings (SSSR count). The average molecular weight is 583 g/mol. The molecule has 0 unspecified atom stereocenters. The van der Waals surface area contributed by atoms with Gasteiger partial charge in [-0.1, -0.05) is 24.3 Å². The minimum atomic E-state index is -3.23. The van der Waals surface area contributed by atoms with Crippen LogP contribution in [-0.4, -0.2) is 72.3 Å². The largest absolute Gasteiger partial charge is 0.327 e. The molecule has 0 spiro atoms. The molecule has 0 atom stereocenters. The molecular formula is C35H42N4O2S. The first kappa shape index (κ1) is 27.8. The van der Waals surface area contributed by atoms with E-state index >= 15 is 0 Å². The van der Waals surface area contributed by atoms with Gasteiger partial charge in [0.05, 0.1) is 15.9 Å². The number of sulfone groups is 1. The van der Waals surface area contributed by atoms with Gasteiger partial charge in [-0.05, 0) is 136 Å². The summed E-state index contributed by atoms with van der Waals surface area (Å²) in [6.45, 7) is 7.20. The average Bonchev–Trinajstić information content (AvgIpc) is 3.80. The summed E-state index contributed by atoms with van der Waals surface area (Å²) in [6, 6.07) is 22.4. The van der Waals surface area contributed by atoms with Crippen molar-refractivity contribution in [2.45, 2.75) is 68.3 Å². The van der Waals surface area contributed by atoms with E-state index in [-0.39, 0.29) is 0 Å². The Balaban J connectivity index is 1.04. The van der Waals surface area contributed by atoms with Gasteiger partial charge in [-0.15, -0.1) is 0 Å². The Morgan fingerprint density at radius 1 is 0.714 bits per heavy atom. The van der Waals surface area contributed by atoms with Crippen molar-refractivity contribution in [3.05, 3.63) is 71.8 Å². The van der Waals surface area contributed by atoms with Crippen molar-refractivity contribution in [3.63, 3.8) is 0 Å². The van der Waals surface area contributed by atoms with E-state index in [4.69, 9.17) is 4.98 Å². The summed E-state index contributed by atoms with van der Waals surface area (Å²) < 4.78 is 25.9. The number of likely N-dealkylation sites (tertiary alicyclic amines) is 2. The summed E-state index contributed by atoms with van der Waals surface area (Å²) >= 11 is 0. The van der Waals surface area contributed by atoms with Crippen LogP contribution in [0.25, 0.3) is 33.5 Å². The monoisotopic (exact) mass is 582 g/mol. The summed E-state index contributed by atoms with van der Waals surface area (Å²) in [4.78, 5) is 10.8. The van der Waals surface area contributed by atoms with Crippen LogP contribution >= 0.6 is 0 Å². The molecule has 6 nitrogen and oxygen atoms in total. The van der Waals surface area contributed by atoms with Crippen LogP contribution in [0.15, 0.2) is 65.6 Å². The Bertz CT molecular complexity index is 1690. The number of hydrogen-bond donors (Lipinski definition) is 0. The fourth-order valence-electron chi connectivity index (χ4n) is 7.33. The van der Waals surface area contributed by atoms with Crippen molar-refractivity contribution in [2.75, 3.05) is 32.4 Å². The number of rotatable bonds is 6. The van der Waals surface area contributed by atoms with Crippen LogP contribution in [0.3, 0.4) is 0 Å². The van der Waals surface area contributed by atoms with Gasteiger partial charge < -0.3 is 14.4 Å². The second kappa shape index (κ2) is 10.9. The minimum Gasteiger partial charge on any atom is -0.327 e. The maximum absolute atomic E-state index is 11.9. The molecule has 0 N–H and O–H groups in total. The number of aryl methyl sites for hydroxylation is 2. The van der Waals surface area contributed by atoms with E-state index in [1.807, 2.05) is 19.2 Å². The van der Waals surface area contributed by atoms with E-state index in [2.05, 4.69) is 57.7 Å². The molecule has 3 aromatic carbocycles. The van der Waals surface area contributed by atoms with Crippen LogP contribution in [0.2, 0.25) is 0 Å². The van der Waals surface area contributed by atoms with E-state index in [1.54, 1.807) is 12.1 Å². The first-order valence-corrected chi connectivity index (χ1v) is 17.5. The molecule has 42 heavy (non-hydrogen) atoms. The fraction of sp³-hybridized carbons (Fsp3) is 0.457. The molecule has 4 aromatic rings. The van der Waals surface area contributed by atoms with Crippen molar-refractivity contribution in [2.24, 2.45) is 7.05 Å². The lowest BCUT2D eigenvalue weighted by Crippen LogP contribution is -2.47. The molecule has 3 heterocycles. The maximum Gasteiger partial charge on any atom is 0.175 e. The van der Waals surface area contributed by atoms with Gasteiger partial charge in [0.25, 0.3) is 0 Å². The third-order valence-corrected chi connectivity index (χ3v) is 11.2. The predicted molar refractivity (Wildman–Crippen MR) is 171 cm³/mol. The van der Waals surface area contributed by atoms with Gasteiger partial charge >= 0.3 is 0 Å². The summed E-state index contributed by atoms with van der Waals surface area (Å²) in [7, 11) is -1.20. The maximum atomic E-state index is 11.9. The Morgan fingerprint density at radius 3 is 1.88 bits per heavy atom. The highest BCUT2D eigenvalue weighted by Crippen LogP contribution is 2.35. The quantitative estimate of drug-likeness (QED) is 0.262. The number of hydrogen-bond acceptors (Lipinski definition) is 5. The first-order valence-electron chi connectivity index (χ1n) is 15.6. The van der Waals surface area contributed by atoms with Crippen LogP contribution in [-0.2, 0) is 16.9 Å².